The number of hydrogen-bond acceptors (Lipinski definition) is 2. The Morgan fingerprint density at radius 2 is 2.12 bits per heavy atom. The Kier molecular flexibility index (Phi) is 3.46. The van der Waals surface area contributed by atoms with Crippen LogP contribution in [0.4, 0.5) is 0 Å². The summed E-state index contributed by atoms with van der Waals surface area (Å²) in [5.41, 5.74) is 0.707. The maximum Gasteiger partial charge on any atom is 0.254 e. The van der Waals surface area contributed by atoms with Crippen LogP contribution in [0.2, 0.25) is 5.02 Å². The second-order valence-corrected chi connectivity index (χ2v) is 4.50. The van der Waals surface area contributed by atoms with Crippen molar-refractivity contribution in [2.24, 2.45) is 0 Å². The van der Waals surface area contributed by atoms with E-state index in [1.54, 1.807) is 24.3 Å². The normalized spacial score (nSPS) is 20.9. The van der Waals surface area contributed by atoms with Crippen molar-refractivity contribution in [1.29, 1.82) is 0 Å². The summed E-state index contributed by atoms with van der Waals surface area (Å²) in [4.78, 5) is 14.1. The van der Waals surface area contributed by atoms with Gasteiger partial charge in [0.15, 0.2) is 0 Å². The molecule has 0 aliphatic carbocycles. The van der Waals surface area contributed by atoms with Gasteiger partial charge in [-0.1, -0.05) is 11.6 Å². The van der Waals surface area contributed by atoms with Gasteiger partial charge in [-0.2, -0.15) is 0 Å². The fourth-order valence-corrected chi connectivity index (χ4v) is 2.03. The second kappa shape index (κ2) is 4.85. The number of nitrogens with zero attached hydrogens (tertiary/aromatic N) is 1. The lowest BCUT2D eigenvalue weighted by atomic mass is 10.1. The molecule has 3 nitrogen and oxygen atoms in total. The van der Waals surface area contributed by atoms with Crippen LogP contribution in [0.15, 0.2) is 24.3 Å². The Morgan fingerprint density at radius 1 is 1.44 bits per heavy atom. The van der Waals surface area contributed by atoms with Crippen LogP contribution in [0.5, 0.6) is 0 Å². The summed E-state index contributed by atoms with van der Waals surface area (Å²) in [7, 11) is 0. The van der Waals surface area contributed by atoms with Gasteiger partial charge in [0.25, 0.3) is 5.91 Å². The molecule has 4 heteroatoms. The van der Waals surface area contributed by atoms with Gasteiger partial charge in [0.1, 0.15) is 0 Å². The van der Waals surface area contributed by atoms with Crippen molar-refractivity contribution in [1.82, 2.24) is 10.2 Å². The smallest absolute Gasteiger partial charge is 0.254 e. The molecule has 86 valence electrons. The Hall–Kier alpha value is -1.06. The average Bonchev–Trinajstić information content (AvgIpc) is 2.30. The van der Waals surface area contributed by atoms with E-state index in [2.05, 4.69) is 12.2 Å². The predicted octanol–water partition coefficient (Wildman–Crippen LogP) is 1.77. The molecule has 0 unspecified atom stereocenters. The first-order valence-corrected chi connectivity index (χ1v) is 5.83. The Labute approximate surface area is 100 Å². The summed E-state index contributed by atoms with van der Waals surface area (Å²) < 4.78 is 0. The highest BCUT2D eigenvalue weighted by molar-refractivity contribution is 6.30. The molecule has 1 atom stereocenters. The number of halogens is 1. The van der Waals surface area contributed by atoms with Crippen LogP contribution >= 0.6 is 11.6 Å². The first-order valence-electron chi connectivity index (χ1n) is 5.46. The lowest BCUT2D eigenvalue weighted by Crippen LogP contribution is -2.52. The molecule has 0 bridgehead atoms. The third kappa shape index (κ3) is 2.36. The van der Waals surface area contributed by atoms with Gasteiger partial charge in [0.2, 0.25) is 0 Å². The summed E-state index contributed by atoms with van der Waals surface area (Å²) in [6, 6.07) is 7.30. The Balaban J connectivity index is 2.14. The minimum Gasteiger partial charge on any atom is -0.333 e. The van der Waals surface area contributed by atoms with Crippen LogP contribution in [0.1, 0.15) is 17.3 Å². The first-order chi connectivity index (χ1) is 7.68. The maximum absolute atomic E-state index is 12.2. The zero-order valence-corrected chi connectivity index (χ0v) is 10.00. The molecule has 16 heavy (non-hydrogen) atoms. The van der Waals surface area contributed by atoms with Crippen LogP contribution < -0.4 is 5.32 Å². The summed E-state index contributed by atoms with van der Waals surface area (Å²) in [6.45, 7) is 4.55. The van der Waals surface area contributed by atoms with E-state index in [0.29, 0.717) is 10.6 Å². The van der Waals surface area contributed by atoms with Crippen LogP contribution in [-0.2, 0) is 0 Å². The zero-order valence-electron chi connectivity index (χ0n) is 9.24. The lowest BCUT2D eigenvalue weighted by Gasteiger charge is -2.34. The predicted molar refractivity (Wildman–Crippen MR) is 64.8 cm³/mol. The van der Waals surface area contributed by atoms with Gasteiger partial charge in [-0.3, -0.25) is 4.79 Å². The van der Waals surface area contributed by atoms with Crippen LogP contribution in [-0.4, -0.2) is 36.5 Å². The highest BCUT2D eigenvalue weighted by atomic mass is 35.5. The maximum atomic E-state index is 12.2. The molecule has 1 saturated heterocycles. The Morgan fingerprint density at radius 3 is 2.75 bits per heavy atom. The molecular formula is C12H15ClN2O. The number of piperazine rings is 1. The van der Waals surface area contributed by atoms with Gasteiger partial charge in [-0.15, -0.1) is 0 Å². The van der Waals surface area contributed by atoms with Gasteiger partial charge >= 0.3 is 0 Å². The number of hydrogen-bond donors (Lipinski definition) is 1. The Bertz CT molecular complexity index is 377. The number of nitrogens with one attached hydrogen (secondary N) is 1. The fraction of sp³-hybridized carbons (Fsp3) is 0.417. The summed E-state index contributed by atoms with van der Waals surface area (Å²) >= 11 is 5.80. The van der Waals surface area contributed by atoms with Crippen molar-refractivity contribution >= 4 is 17.5 Å². The van der Waals surface area contributed by atoms with Gasteiger partial charge in [0.05, 0.1) is 0 Å². The number of amides is 1. The summed E-state index contributed by atoms with van der Waals surface area (Å²) in [5.74, 6) is 0.0886. The van der Waals surface area contributed by atoms with Crippen molar-refractivity contribution in [2.45, 2.75) is 13.0 Å². The van der Waals surface area contributed by atoms with E-state index in [0.717, 1.165) is 19.6 Å². The third-order valence-electron chi connectivity index (χ3n) is 2.85. The van der Waals surface area contributed by atoms with E-state index >= 15 is 0 Å². The molecule has 0 spiro atoms. The van der Waals surface area contributed by atoms with Gasteiger partial charge in [-0.05, 0) is 31.2 Å². The second-order valence-electron chi connectivity index (χ2n) is 4.06. The van der Waals surface area contributed by atoms with Crippen LogP contribution in [0.3, 0.4) is 0 Å². The largest absolute Gasteiger partial charge is 0.333 e. The first kappa shape index (κ1) is 11.4. The van der Waals surface area contributed by atoms with Gasteiger partial charge < -0.3 is 10.2 Å². The lowest BCUT2D eigenvalue weighted by molar-refractivity contribution is 0.0656. The molecule has 1 aliphatic heterocycles. The topological polar surface area (TPSA) is 32.3 Å². The molecule has 1 aliphatic rings. The molecular weight excluding hydrogens is 224 g/mol. The standard InChI is InChI=1S/C12H15ClN2O/c1-9-8-14-6-7-15(9)12(16)10-2-4-11(13)5-3-10/h2-5,9,14H,6-8H2,1H3/t9-/m1/s1. The van der Waals surface area contributed by atoms with Gasteiger partial charge in [0, 0.05) is 36.3 Å². The quantitative estimate of drug-likeness (QED) is 0.809. The number of rotatable bonds is 1. The van der Waals surface area contributed by atoms with E-state index in [-0.39, 0.29) is 11.9 Å². The molecule has 0 radical (unpaired) electrons. The van der Waals surface area contributed by atoms with Crippen LogP contribution in [0.25, 0.3) is 0 Å². The SMILES string of the molecule is C[C@@H]1CNCCN1C(=O)c1ccc(Cl)cc1. The van der Waals surface area contributed by atoms with E-state index in [1.165, 1.54) is 0 Å². The average molecular weight is 239 g/mol. The number of carbonyl (C=O) groups is 1. The van der Waals surface area contributed by atoms with E-state index in [1.807, 2.05) is 4.90 Å². The third-order valence-corrected chi connectivity index (χ3v) is 3.11. The molecule has 0 saturated carbocycles. The van der Waals surface area contributed by atoms with E-state index in [4.69, 9.17) is 11.6 Å². The number of benzene rings is 1. The molecule has 1 aromatic rings. The minimum absolute atomic E-state index is 0.0886. The van der Waals surface area contributed by atoms with E-state index < -0.39 is 0 Å². The summed E-state index contributed by atoms with van der Waals surface area (Å²) in [5, 5.41) is 3.92. The molecule has 1 heterocycles. The molecule has 1 amide bonds. The van der Waals surface area contributed by atoms with Crippen molar-refractivity contribution in [2.75, 3.05) is 19.6 Å². The molecule has 0 aromatic heterocycles. The molecule has 1 N–H and O–H groups in total. The van der Waals surface area contributed by atoms with Crippen molar-refractivity contribution in [3.63, 3.8) is 0 Å². The molecule has 2 rings (SSSR count). The minimum atomic E-state index is 0.0886. The van der Waals surface area contributed by atoms with Crippen molar-refractivity contribution < 1.29 is 4.79 Å². The summed E-state index contributed by atoms with van der Waals surface area (Å²) in [6.07, 6.45) is 0. The van der Waals surface area contributed by atoms with Gasteiger partial charge in [-0.25, -0.2) is 0 Å². The monoisotopic (exact) mass is 238 g/mol. The van der Waals surface area contributed by atoms with Crippen LogP contribution in [0, 0.1) is 0 Å². The van der Waals surface area contributed by atoms with Crippen molar-refractivity contribution in [3.8, 4) is 0 Å². The number of carbonyl (C=O) groups excluding carboxylic acids is 1. The zero-order chi connectivity index (χ0) is 11.5. The fourth-order valence-electron chi connectivity index (χ4n) is 1.90. The molecule has 1 aromatic carbocycles. The van der Waals surface area contributed by atoms with Crippen molar-refractivity contribution in [3.05, 3.63) is 34.9 Å². The highest BCUT2D eigenvalue weighted by Gasteiger charge is 2.23. The highest BCUT2D eigenvalue weighted by Crippen LogP contribution is 2.13. The van der Waals surface area contributed by atoms with E-state index in [9.17, 15) is 4.79 Å². The molecule has 1 fully saturated rings.